The maximum atomic E-state index is 13.2. The standard InChI is InChI=1S/C55H103NO5/c1-4-7-10-13-16-19-21-23-25-27-29-31-33-36-39-42-45-48-55(60)61-51(46-43-40-37-34-18-15-12-9-6-3)49-54(59)56-52(50-57)53(58)47-44-41-38-35-32-30-28-26-24-22-20-17-14-11-8-5-2/h15-16,18-19,23,25,51-53,57-58H,4-14,17,20-22,24,26-50H2,1-3H3,(H,56,59)/b18-15-,19-16-,25-23-. The monoisotopic (exact) mass is 858 g/mol. The Morgan fingerprint density at radius 1 is 0.475 bits per heavy atom. The normalized spacial score (nSPS) is 13.5. The summed E-state index contributed by atoms with van der Waals surface area (Å²) >= 11 is 0. The van der Waals surface area contributed by atoms with Crippen molar-refractivity contribution in [2.24, 2.45) is 0 Å². The minimum atomic E-state index is -0.791. The first kappa shape index (κ1) is 59.1. The number of allylic oxidation sites excluding steroid dienone is 6. The summed E-state index contributed by atoms with van der Waals surface area (Å²) in [5.41, 5.74) is 0. The molecule has 1 amide bonds. The van der Waals surface area contributed by atoms with Crippen molar-refractivity contribution in [3.63, 3.8) is 0 Å². The Hall–Kier alpha value is -1.92. The van der Waals surface area contributed by atoms with Crippen molar-refractivity contribution in [3.05, 3.63) is 36.5 Å². The summed E-state index contributed by atoms with van der Waals surface area (Å²) in [6, 6.07) is -0.705. The van der Waals surface area contributed by atoms with Crippen LogP contribution < -0.4 is 5.32 Å². The fourth-order valence-electron chi connectivity index (χ4n) is 8.09. The average molecular weight is 858 g/mol. The quantitative estimate of drug-likeness (QED) is 0.0322. The largest absolute Gasteiger partial charge is 0.462 e. The Bertz CT molecular complexity index is 1010. The second-order valence-corrected chi connectivity index (χ2v) is 18.3. The second-order valence-electron chi connectivity index (χ2n) is 18.3. The van der Waals surface area contributed by atoms with E-state index in [1.165, 1.54) is 154 Å². The highest BCUT2D eigenvalue weighted by Gasteiger charge is 2.24. The van der Waals surface area contributed by atoms with Gasteiger partial charge in [-0.3, -0.25) is 9.59 Å². The van der Waals surface area contributed by atoms with Crippen LogP contribution in [0.4, 0.5) is 0 Å². The number of esters is 1. The van der Waals surface area contributed by atoms with Gasteiger partial charge in [-0.25, -0.2) is 0 Å². The number of aliphatic hydroxyl groups excluding tert-OH is 2. The highest BCUT2D eigenvalue weighted by Crippen LogP contribution is 2.18. The predicted molar refractivity (Wildman–Crippen MR) is 264 cm³/mol. The molecule has 3 N–H and O–H groups in total. The molecule has 0 aliphatic rings. The number of ether oxygens (including phenoxy) is 1. The molecule has 0 aliphatic carbocycles. The molecule has 61 heavy (non-hydrogen) atoms. The summed E-state index contributed by atoms with van der Waals surface area (Å²) in [7, 11) is 0. The van der Waals surface area contributed by atoms with Gasteiger partial charge in [0.1, 0.15) is 6.10 Å². The summed E-state index contributed by atoms with van der Waals surface area (Å²) in [5, 5.41) is 23.8. The van der Waals surface area contributed by atoms with Crippen molar-refractivity contribution in [1.82, 2.24) is 5.32 Å². The molecule has 0 saturated heterocycles. The van der Waals surface area contributed by atoms with Crippen LogP contribution in [0.3, 0.4) is 0 Å². The van der Waals surface area contributed by atoms with Gasteiger partial charge < -0.3 is 20.3 Å². The third-order valence-electron chi connectivity index (χ3n) is 12.2. The van der Waals surface area contributed by atoms with E-state index in [9.17, 15) is 19.8 Å². The number of hydrogen-bond acceptors (Lipinski definition) is 5. The summed E-state index contributed by atoms with van der Waals surface area (Å²) < 4.78 is 5.91. The van der Waals surface area contributed by atoms with Crippen LogP contribution in [-0.2, 0) is 14.3 Å². The Morgan fingerprint density at radius 2 is 0.852 bits per heavy atom. The van der Waals surface area contributed by atoms with Gasteiger partial charge in [-0.15, -0.1) is 0 Å². The molecule has 0 spiro atoms. The molecule has 0 aromatic heterocycles. The van der Waals surface area contributed by atoms with Gasteiger partial charge in [0.15, 0.2) is 0 Å². The molecule has 3 unspecified atom stereocenters. The van der Waals surface area contributed by atoms with Crippen LogP contribution in [-0.4, -0.2) is 46.9 Å². The molecule has 6 heteroatoms. The molecule has 6 nitrogen and oxygen atoms in total. The van der Waals surface area contributed by atoms with Gasteiger partial charge in [-0.05, 0) is 77.0 Å². The number of rotatable bonds is 48. The minimum absolute atomic E-state index is 0.0653. The summed E-state index contributed by atoms with van der Waals surface area (Å²) in [5.74, 6) is -0.492. The molecule has 0 aromatic rings. The molecule has 0 saturated carbocycles. The van der Waals surface area contributed by atoms with Gasteiger partial charge in [-0.2, -0.15) is 0 Å². The van der Waals surface area contributed by atoms with Gasteiger partial charge in [0.25, 0.3) is 0 Å². The topological polar surface area (TPSA) is 95.9 Å². The first-order chi connectivity index (χ1) is 30.0. The van der Waals surface area contributed by atoms with E-state index in [1.54, 1.807) is 0 Å². The van der Waals surface area contributed by atoms with Gasteiger partial charge in [-0.1, -0.05) is 224 Å². The van der Waals surface area contributed by atoms with E-state index < -0.39 is 18.2 Å². The lowest BCUT2D eigenvalue weighted by Crippen LogP contribution is -2.46. The Labute approximate surface area is 379 Å². The average Bonchev–Trinajstić information content (AvgIpc) is 3.25. The predicted octanol–water partition coefficient (Wildman–Crippen LogP) is 16.1. The minimum Gasteiger partial charge on any atom is -0.462 e. The van der Waals surface area contributed by atoms with Crippen LogP contribution in [0, 0.1) is 0 Å². The molecule has 358 valence electrons. The van der Waals surface area contributed by atoms with E-state index in [4.69, 9.17) is 4.74 Å². The molecular formula is C55H103NO5. The van der Waals surface area contributed by atoms with Crippen LogP contribution in [0.2, 0.25) is 0 Å². The Balaban J connectivity index is 4.42. The zero-order chi connectivity index (χ0) is 44.5. The molecule has 0 bridgehead atoms. The van der Waals surface area contributed by atoms with Crippen LogP contribution in [0.1, 0.15) is 278 Å². The van der Waals surface area contributed by atoms with Crippen molar-refractivity contribution in [1.29, 1.82) is 0 Å². The van der Waals surface area contributed by atoms with Gasteiger partial charge >= 0.3 is 5.97 Å². The maximum Gasteiger partial charge on any atom is 0.306 e. The number of unbranched alkanes of at least 4 members (excludes halogenated alkanes) is 30. The van der Waals surface area contributed by atoms with Gasteiger partial charge in [0.2, 0.25) is 5.91 Å². The molecule has 0 aromatic carbocycles. The van der Waals surface area contributed by atoms with E-state index in [-0.39, 0.29) is 24.9 Å². The van der Waals surface area contributed by atoms with Crippen molar-refractivity contribution in [3.8, 4) is 0 Å². The summed E-state index contributed by atoms with van der Waals surface area (Å²) in [4.78, 5) is 26.1. The molecule has 0 fully saturated rings. The SMILES string of the molecule is CCCC/C=C\CCCCCC(CC(=O)NC(CO)C(O)CCCCCCCCCCCCCCCCCC)OC(=O)CCCCCCCCC/C=C\C/C=C\CCCCC. The first-order valence-corrected chi connectivity index (χ1v) is 26.7. The molecule has 0 heterocycles. The lowest BCUT2D eigenvalue weighted by molar-refractivity contribution is -0.151. The number of carbonyl (C=O) groups excluding carboxylic acids is 2. The van der Waals surface area contributed by atoms with Crippen LogP contribution in [0.25, 0.3) is 0 Å². The van der Waals surface area contributed by atoms with Crippen LogP contribution in [0.5, 0.6) is 0 Å². The number of carbonyl (C=O) groups is 2. The first-order valence-electron chi connectivity index (χ1n) is 26.7. The van der Waals surface area contributed by atoms with Crippen molar-refractivity contribution < 1.29 is 24.5 Å². The van der Waals surface area contributed by atoms with E-state index in [1.807, 2.05) is 0 Å². The highest BCUT2D eigenvalue weighted by molar-refractivity contribution is 5.77. The van der Waals surface area contributed by atoms with E-state index in [0.717, 1.165) is 77.0 Å². The van der Waals surface area contributed by atoms with E-state index >= 15 is 0 Å². The maximum absolute atomic E-state index is 13.2. The fourth-order valence-corrected chi connectivity index (χ4v) is 8.09. The number of aliphatic hydroxyl groups is 2. The number of hydrogen-bond donors (Lipinski definition) is 3. The zero-order valence-corrected chi connectivity index (χ0v) is 40.8. The lowest BCUT2D eigenvalue weighted by atomic mass is 10.0. The van der Waals surface area contributed by atoms with Crippen LogP contribution in [0.15, 0.2) is 36.5 Å². The van der Waals surface area contributed by atoms with E-state index in [2.05, 4.69) is 62.5 Å². The summed E-state index contributed by atoms with van der Waals surface area (Å²) in [6.07, 6.45) is 57.8. The molecular weight excluding hydrogens is 755 g/mol. The highest BCUT2D eigenvalue weighted by atomic mass is 16.5. The Morgan fingerprint density at radius 3 is 1.36 bits per heavy atom. The third kappa shape index (κ3) is 44.5. The van der Waals surface area contributed by atoms with Crippen molar-refractivity contribution in [2.45, 2.75) is 296 Å². The summed E-state index contributed by atoms with van der Waals surface area (Å²) in [6.45, 7) is 6.43. The molecule has 0 radical (unpaired) electrons. The number of amides is 1. The van der Waals surface area contributed by atoms with Crippen LogP contribution >= 0.6 is 0 Å². The molecule has 0 rings (SSSR count). The Kier molecular flexibility index (Phi) is 47.6. The molecule has 0 aliphatic heterocycles. The third-order valence-corrected chi connectivity index (χ3v) is 12.2. The smallest absolute Gasteiger partial charge is 0.306 e. The van der Waals surface area contributed by atoms with Crippen molar-refractivity contribution >= 4 is 11.9 Å². The van der Waals surface area contributed by atoms with E-state index in [0.29, 0.717) is 19.3 Å². The van der Waals surface area contributed by atoms with Gasteiger partial charge in [0, 0.05) is 6.42 Å². The second kappa shape index (κ2) is 49.1. The zero-order valence-electron chi connectivity index (χ0n) is 40.8. The fraction of sp³-hybridized carbons (Fsp3) is 0.855. The lowest BCUT2D eigenvalue weighted by Gasteiger charge is -2.24. The van der Waals surface area contributed by atoms with Crippen molar-refractivity contribution in [2.75, 3.05) is 6.61 Å². The number of nitrogens with one attached hydrogen (secondary N) is 1. The molecule has 3 atom stereocenters. The van der Waals surface area contributed by atoms with Gasteiger partial charge in [0.05, 0.1) is 25.2 Å².